The molecule has 0 saturated heterocycles. The van der Waals surface area contributed by atoms with Gasteiger partial charge in [0.2, 0.25) is 5.91 Å². The average Bonchev–Trinajstić information content (AvgIpc) is 2.69. The Labute approximate surface area is 168 Å². The topological polar surface area (TPSA) is 83.1 Å². The molecule has 0 aliphatic carbocycles. The van der Waals surface area contributed by atoms with Gasteiger partial charge in [-0.05, 0) is 54.1 Å². The maximum absolute atomic E-state index is 12.3. The number of hydrogen-bond donors (Lipinski definition) is 3. The fraction of sp³-hybridized carbons (Fsp3) is 0.0952. The molecule has 2 aromatic carbocycles. The van der Waals surface area contributed by atoms with Crippen LogP contribution in [0.1, 0.15) is 22.8 Å². The number of amides is 2. The van der Waals surface area contributed by atoms with E-state index < -0.39 is 0 Å². The number of hydrogen-bond acceptors (Lipinski definition) is 4. The van der Waals surface area contributed by atoms with E-state index >= 15 is 0 Å². The Balaban J connectivity index is 1.55. The van der Waals surface area contributed by atoms with Crippen LogP contribution in [0.2, 0.25) is 5.02 Å². The maximum atomic E-state index is 12.3. The molecule has 1 aromatic heterocycles. The zero-order valence-electron chi connectivity index (χ0n) is 15.2. The minimum atomic E-state index is -0.260. The second-order valence-electron chi connectivity index (χ2n) is 6.12. The van der Waals surface area contributed by atoms with E-state index in [9.17, 15) is 9.59 Å². The molecule has 0 aliphatic rings. The largest absolute Gasteiger partial charge is 0.366 e. The monoisotopic (exact) mass is 394 g/mol. The molecule has 0 bridgehead atoms. The van der Waals surface area contributed by atoms with Gasteiger partial charge in [0.05, 0.1) is 5.56 Å². The quantitative estimate of drug-likeness (QED) is 0.572. The highest BCUT2D eigenvalue weighted by molar-refractivity contribution is 6.30. The number of halogens is 1. The second kappa shape index (κ2) is 9.01. The molecule has 0 aliphatic heterocycles. The lowest BCUT2D eigenvalue weighted by molar-refractivity contribution is -0.114. The fourth-order valence-electron chi connectivity index (χ4n) is 2.47. The van der Waals surface area contributed by atoms with Gasteiger partial charge in [0.1, 0.15) is 5.82 Å². The number of rotatable bonds is 6. The van der Waals surface area contributed by atoms with Crippen molar-refractivity contribution in [2.45, 2.75) is 13.5 Å². The molecule has 3 N–H and O–H groups in total. The molecule has 2 amide bonds. The van der Waals surface area contributed by atoms with E-state index in [1.165, 1.54) is 13.1 Å². The molecule has 0 spiro atoms. The fourth-order valence-corrected chi connectivity index (χ4v) is 2.60. The van der Waals surface area contributed by atoms with Crippen LogP contribution < -0.4 is 16.0 Å². The molecule has 3 rings (SSSR count). The second-order valence-corrected chi connectivity index (χ2v) is 6.56. The number of anilines is 3. The van der Waals surface area contributed by atoms with Crippen molar-refractivity contribution in [2.75, 3.05) is 16.0 Å². The molecule has 28 heavy (non-hydrogen) atoms. The van der Waals surface area contributed by atoms with Crippen molar-refractivity contribution in [2.24, 2.45) is 0 Å². The van der Waals surface area contributed by atoms with Gasteiger partial charge in [-0.1, -0.05) is 23.7 Å². The van der Waals surface area contributed by atoms with Gasteiger partial charge in [-0.3, -0.25) is 9.59 Å². The van der Waals surface area contributed by atoms with Gasteiger partial charge in [0.15, 0.2) is 0 Å². The van der Waals surface area contributed by atoms with Crippen LogP contribution in [0.15, 0.2) is 66.9 Å². The Hall–Kier alpha value is -3.38. The number of carbonyl (C=O) groups is 2. The Morgan fingerprint density at radius 1 is 0.893 bits per heavy atom. The van der Waals surface area contributed by atoms with E-state index in [0.29, 0.717) is 34.3 Å². The van der Waals surface area contributed by atoms with Crippen LogP contribution in [-0.2, 0) is 11.3 Å². The summed E-state index contributed by atoms with van der Waals surface area (Å²) in [4.78, 5) is 27.7. The highest BCUT2D eigenvalue weighted by Crippen LogP contribution is 2.15. The smallest absolute Gasteiger partial charge is 0.257 e. The molecule has 0 radical (unpaired) electrons. The lowest BCUT2D eigenvalue weighted by Crippen LogP contribution is -2.13. The minimum Gasteiger partial charge on any atom is -0.366 e. The summed E-state index contributed by atoms with van der Waals surface area (Å²) in [6.45, 7) is 2.05. The predicted molar refractivity (Wildman–Crippen MR) is 112 cm³/mol. The molecular formula is C21H19ClN4O2. The van der Waals surface area contributed by atoms with Crippen LogP contribution in [-0.4, -0.2) is 16.8 Å². The highest BCUT2D eigenvalue weighted by atomic mass is 35.5. The third-order valence-electron chi connectivity index (χ3n) is 3.88. The zero-order valence-corrected chi connectivity index (χ0v) is 16.0. The van der Waals surface area contributed by atoms with E-state index in [1.807, 2.05) is 24.3 Å². The molecule has 1 heterocycles. The molecule has 0 atom stereocenters. The summed E-state index contributed by atoms with van der Waals surface area (Å²) >= 11 is 5.87. The first kappa shape index (κ1) is 19.4. The van der Waals surface area contributed by atoms with Crippen molar-refractivity contribution < 1.29 is 9.59 Å². The van der Waals surface area contributed by atoms with Crippen LogP contribution in [0.5, 0.6) is 0 Å². The van der Waals surface area contributed by atoms with Crippen LogP contribution >= 0.6 is 11.6 Å². The predicted octanol–water partition coefficient (Wildman–Crippen LogP) is 4.56. The molecular weight excluding hydrogens is 376 g/mol. The van der Waals surface area contributed by atoms with Gasteiger partial charge in [0, 0.05) is 36.1 Å². The Bertz CT molecular complexity index is 955. The number of nitrogens with zero attached hydrogens (tertiary/aromatic N) is 1. The first-order chi connectivity index (χ1) is 13.5. The summed E-state index contributed by atoms with van der Waals surface area (Å²) in [7, 11) is 0. The summed E-state index contributed by atoms with van der Waals surface area (Å²) < 4.78 is 0. The number of pyridine rings is 1. The van der Waals surface area contributed by atoms with Crippen molar-refractivity contribution in [3.8, 4) is 0 Å². The van der Waals surface area contributed by atoms with E-state index in [0.717, 1.165) is 5.56 Å². The summed E-state index contributed by atoms with van der Waals surface area (Å²) in [5.41, 5.74) is 2.83. The molecule has 3 aromatic rings. The van der Waals surface area contributed by atoms with Crippen molar-refractivity contribution in [3.05, 3.63) is 83.0 Å². The van der Waals surface area contributed by atoms with Crippen molar-refractivity contribution in [1.82, 2.24) is 4.98 Å². The van der Waals surface area contributed by atoms with Crippen molar-refractivity contribution in [3.63, 3.8) is 0 Å². The highest BCUT2D eigenvalue weighted by Gasteiger charge is 2.07. The summed E-state index contributed by atoms with van der Waals surface area (Å²) in [6, 6.07) is 17.9. The molecule has 0 fully saturated rings. The number of nitrogens with one attached hydrogen (secondary N) is 3. The first-order valence-electron chi connectivity index (χ1n) is 8.63. The Morgan fingerprint density at radius 3 is 2.11 bits per heavy atom. The van der Waals surface area contributed by atoms with Crippen molar-refractivity contribution in [1.29, 1.82) is 0 Å². The van der Waals surface area contributed by atoms with E-state index in [4.69, 9.17) is 11.6 Å². The summed E-state index contributed by atoms with van der Waals surface area (Å²) in [5, 5.41) is 9.37. The van der Waals surface area contributed by atoms with Crippen molar-refractivity contribution >= 4 is 40.6 Å². The van der Waals surface area contributed by atoms with Gasteiger partial charge in [-0.25, -0.2) is 4.98 Å². The van der Waals surface area contributed by atoms with Gasteiger partial charge in [0.25, 0.3) is 5.91 Å². The van der Waals surface area contributed by atoms with E-state index in [-0.39, 0.29) is 11.8 Å². The average molecular weight is 395 g/mol. The summed E-state index contributed by atoms with van der Waals surface area (Å²) in [6.07, 6.45) is 1.52. The number of benzene rings is 2. The van der Waals surface area contributed by atoms with Crippen LogP contribution in [0, 0.1) is 0 Å². The van der Waals surface area contributed by atoms with Gasteiger partial charge >= 0.3 is 0 Å². The lowest BCUT2D eigenvalue weighted by Gasteiger charge is -2.08. The standard InChI is InChI=1S/C21H19ClN4O2/c1-14(27)25-18-7-9-19(10-8-18)26-21(28)16-4-11-20(24-13-16)23-12-15-2-5-17(22)6-3-15/h2-11,13H,12H2,1H3,(H,23,24)(H,25,27)(H,26,28). The van der Waals surface area contributed by atoms with Gasteiger partial charge in [-0.2, -0.15) is 0 Å². The molecule has 6 nitrogen and oxygen atoms in total. The van der Waals surface area contributed by atoms with E-state index in [2.05, 4.69) is 20.9 Å². The van der Waals surface area contributed by atoms with Crippen LogP contribution in [0.4, 0.5) is 17.2 Å². The van der Waals surface area contributed by atoms with E-state index in [1.54, 1.807) is 36.4 Å². The Morgan fingerprint density at radius 2 is 1.54 bits per heavy atom. The maximum Gasteiger partial charge on any atom is 0.257 e. The minimum absolute atomic E-state index is 0.146. The summed E-state index contributed by atoms with van der Waals surface area (Å²) in [5.74, 6) is 0.266. The SMILES string of the molecule is CC(=O)Nc1ccc(NC(=O)c2ccc(NCc3ccc(Cl)cc3)nc2)cc1. The molecule has 0 saturated carbocycles. The number of carbonyl (C=O) groups excluding carboxylic acids is 2. The van der Waals surface area contributed by atoms with Gasteiger partial charge < -0.3 is 16.0 Å². The first-order valence-corrected chi connectivity index (χ1v) is 9.01. The molecule has 7 heteroatoms. The number of aromatic nitrogens is 1. The normalized spacial score (nSPS) is 10.2. The van der Waals surface area contributed by atoms with Crippen LogP contribution in [0.25, 0.3) is 0 Å². The Kier molecular flexibility index (Phi) is 6.24. The van der Waals surface area contributed by atoms with Crippen LogP contribution in [0.3, 0.4) is 0 Å². The zero-order chi connectivity index (χ0) is 19.9. The molecule has 0 unspecified atom stereocenters. The van der Waals surface area contributed by atoms with Gasteiger partial charge in [-0.15, -0.1) is 0 Å². The third kappa shape index (κ3) is 5.56. The lowest BCUT2D eigenvalue weighted by atomic mass is 10.2. The third-order valence-corrected chi connectivity index (χ3v) is 4.13. The molecule has 142 valence electrons.